The lowest BCUT2D eigenvalue weighted by atomic mass is 9.87. The van der Waals surface area contributed by atoms with Gasteiger partial charge in [-0.2, -0.15) is 8.42 Å². The molecule has 0 aliphatic heterocycles. The van der Waals surface area contributed by atoms with E-state index < -0.39 is 15.4 Å². The van der Waals surface area contributed by atoms with E-state index in [1.54, 1.807) is 51.1 Å². The first-order valence-electron chi connectivity index (χ1n) is 10.8. The highest BCUT2D eigenvalue weighted by molar-refractivity contribution is 7.94. The van der Waals surface area contributed by atoms with Gasteiger partial charge < -0.3 is 10.6 Å². The van der Waals surface area contributed by atoms with Crippen LogP contribution in [0.4, 0.5) is 16.5 Å². The number of carbonyl (C=O) groups excluding carboxylic acids is 2. The van der Waals surface area contributed by atoms with Crippen molar-refractivity contribution >= 4 is 49.7 Å². The molecule has 35 heavy (non-hydrogen) atoms. The number of carbonyl (C=O) groups is 2. The van der Waals surface area contributed by atoms with Gasteiger partial charge in [-0.25, -0.2) is 0 Å². The number of hydrogen-bond donors (Lipinski definition) is 3. The number of amides is 2. The van der Waals surface area contributed by atoms with E-state index in [0.717, 1.165) is 16.9 Å². The van der Waals surface area contributed by atoms with E-state index in [-0.39, 0.29) is 32.4 Å². The van der Waals surface area contributed by atoms with E-state index in [1.807, 2.05) is 12.1 Å². The first kappa shape index (κ1) is 26.3. The van der Waals surface area contributed by atoms with Crippen molar-refractivity contribution < 1.29 is 18.0 Å². The van der Waals surface area contributed by atoms with Crippen LogP contribution >= 0.6 is 11.3 Å². The fraction of sp³-hybridized carbons (Fsp3) is 0.333. The molecule has 0 unspecified atom stereocenters. The van der Waals surface area contributed by atoms with E-state index in [2.05, 4.69) is 46.3 Å². The number of benzene rings is 2. The highest BCUT2D eigenvalue weighted by Crippen LogP contribution is 2.26. The van der Waals surface area contributed by atoms with Crippen LogP contribution in [-0.2, 0) is 20.2 Å². The molecule has 11 heteroatoms. The number of aromatic nitrogens is 2. The number of anilines is 3. The third-order valence-electron chi connectivity index (χ3n) is 4.92. The fourth-order valence-electron chi connectivity index (χ4n) is 2.84. The Morgan fingerprint density at radius 1 is 0.857 bits per heavy atom. The summed E-state index contributed by atoms with van der Waals surface area (Å²) in [5.74, 6) is -0.615. The molecule has 1 aromatic heterocycles. The molecule has 3 rings (SSSR count). The third-order valence-corrected chi connectivity index (χ3v) is 7.51. The van der Waals surface area contributed by atoms with Crippen molar-refractivity contribution in [3.63, 3.8) is 0 Å². The average molecular weight is 516 g/mol. The quantitative estimate of drug-likeness (QED) is 0.402. The fourth-order valence-corrected chi connectivity index (χ4v) is 4.78. The van der Waals surface area contributed by atoms with Gasteiger partial charge >= 0.3 is 0 Å². The van der Waals surface area contributed by atoms with Gasteiger partial charge in [0, 0.05) is 16.7 Å². The molecule has 2 aromatic carbocycles. The van der Waals surface area contributed by atoms with Gasteiger partial charge in [0.1, 0.15) is 0 Å². The topological polar surface area (TPSA) is 130 Å². The zero-order valence-electron chi connectivity index (χ0n) is 20.5. The lowest BCUT2D eigenvalue weighted by Crippen LogP contribution is -2.27. The monoisotopic (exact) mass is 515 g/mol. The summed E-state index contributed by atoms with van der Waals surface area (Å²) in [7, 11) is -4.05. The van der Waals surface area contributed by atoms with Crippen molar-refractivity contribution in [2.45, 2.75) is 51.3 Å². The van der Waals surface area contributed by atoms with Crippen LogP contribution in [0.2, 0.25) is 0 Å². The Morgan fingerprint density at radius 2 is 1.49 bits per heavy atom. The molecular weight excluding hydrogens is 486 g/mol. The van der Waals surface area contributed by atoms with Crippen LogP contribution in [0.1, 0.15) is 57.5 Å². The van der Waals surface area contributed by atoms with Crippen LogP contribution in [-0.4, -0.2) is 30.4 Å². The third kappa shape index (κ3) is 6.86. The Kier molecular flexibility index (Phi) is 7.32. The van der Waals surface area contributed by atoms with E-state index in [1.165, 1.54) is 6.07 Å². The molecule has 0 aliphatic rings. The molecule has 0 spiro atoms. The van der Waals surface area contributed by atoms with Crippen molar-refractivity contribution in [3.05, 3.63) is 59.7 Å². The molecule has 0 aliphatic carbocycles. The number of sulfonamides is 1. The minimum atomic E-state index is -4.05. The smallest absolute Gasteiger partial charge is 0.291 e. The lowest BCUT2D eigenvalue weighted by molar-refractivity contribution is -0.123. The number of nitrogens with one attached hydrogen (secondary N) is 3. The minimum Gasteiger partial charge on any atom is -0.322 e. The van der Waals surface area contributed by atoms with Gasteiger partial charge in [0.2, 0.25) is 11.0 Å². The van der Waals surface area contributed by atoms with Crippen LogP contribution in [0.15, 0.2) is 52.9 Å². The predicted octanol–water partition coefficient (Wildman–Crippen LogP) is 4.87. The second-order valence-electron chi connectivity index (χ2n) is 10.0. The van der Waals surface area contributed by atoms with Crippen LogP contribution < -0.4 is 15.4 Å². The van der Waals surface area contributed by atoms with E-state index in [4.69, 9.17) is 0 Å². The predicted molar refractivity (Wildman–Crippen MR) is 138 cm³/mol. The van der Waals surface area contributed by atoms with Gasteiger partial charge in [-0.1, -0.05) is 71.1 Å². The summed E-state index contributed by atoms with van der Waals surface area (Å²) < 4.78 is 27.7. The van der Waals surface area contributed by atoms with Gasteiger partial charge in [0.05, 0.1) is 5.69 Å². The van der Waals surface area contributed by atoms with E-state index in [0.29, 0.717) is 11.3 Å². The first-order valence-corrected chi connectivity index (χ1v) is 13.1. The number of hydrogen-bond acceptors (Lipinski definition) is 7. The molecule has 0 fully saturated rings. The second kappa shape index (κ2) is 9.74. The van der Waals surface area contributed by atoms with Crippen LogP contribution in [0.25, 0.3) is 0 Å². The molecule has 0 saturated carbocycles. The maximum absolute atomic E-state index is 12.8. The molecule has 0 atom stereocenters. The minimum absolute atomic E-state index is 0.0214. The summed E-state index contributed by atoms with van der Waals surface area (Å²) in [6.45, 7) is 11.5. The van der Waals surface area contributed by atoms with Crippen molar-refractivity contribution in [2.24, 2.45) is 5.41 Å². The van der Waals surface area contributed by atoms with Crippen molar-refractivity contribution in [3.8, 4) is 0 Å². The second-order valence-corrected chi connectivity index (χ2v) is 12.9. The molecule has 9 nitrogen and oxygen atoms in total. The van der Waals surface area contributed by atoms with E-state index in [9.17, 15) is 18.0 Å². The Bertz CT molecular complexity index is 1340. The number of rotatable bonds is 6. The summed E-state index contributed by atoms with van der Waals surface area (Å²) in [6, 6.07) is 13.7. The summed E-state index contributed by atoms with van der Waals surface area (Å²) in [4.78, 5) is 24.8. The summed E-state index contributed by atoms with van der Waals surface area (Å²) in [5, 5.41) is 12.9. The van der Waals surface area contributed by atoms with Crippen LogP contribution in [0, 0.1) is 5.41 Å². The van der Waals surface area contributed by atoms with Gasteiger partial charge in [0.15, 0.2) is 0 Å². The highest BCUT2D eigenvalue weighted by atomic mass is 32.2. The van der Waals surface area contributed by atoms with Gasteiger partial charge in [-0.15, -0.1) is 10.2 Å². The van der Waals surface area contributed by atoms with Gasteiger partial charge in [-0.3, -0.25) is 14.3 Å². The molecular formula is C24H29N5O4S2. The largest absolute Gasteiger partial charge is 0.322 e. The first-order chi connectivity index (χ1) is 16.1. The molecule has 1 heterocycles. The van der Waals surface area contributed by atoms with Crippen molar-refractivity contribution in [1.82, 2.24) is 10.2 Å². The zero-order valence-corrected chi connectivity index (χ0v) is 22.1. The van der Waals surface area contributed by atoms with Crippen LogP contribution in [0.3, 0.4) is 0 Å². The average Bonchev–Trinajstić information content (AvgIpc) is 3.22. The summed E-state index contributed by atoms with van der Waals surface area (Å²) in [6.07, 6.45) is 0. The normalized spacial score (nSPS) is 12.2. The van der Waals surface area contributed by atoms with Gasteiger partial charge in [0.25, 0.3) is 20.3 Å². The molecule has 0 radical (unpaired) electrons. The SMILES string of the molecule is CC(C)(C)C(=O)Nc1nnc(S(=O)(=O)Nc2cccc(NC(=O)c3ccc(C(C)(C)C)cc3)c2)s1. The summed E-state index contributed by atoms with van der Waals surface area (Å²) >= 11 is 0.744. The molecule has 186 valence electrons. The van der Waals surface area contributed by atoms with E-state index >= 15 is 0 Å². The maximum atomic E-state index is 12.8. The molecule has 2 amide bonds. The maximum Gasteiger partial charge on any atom is 0.291 e. The number of nitrogens with zero attached hydrogens (tertiary/aromatic N) is 2. The van der Waals surface area contributed by atoms with Gasteiger partial charge in [-0.05, 0) is 41.3 Å². The Morgan fingerprint density at radius 3 is 2.09 bits per heavy atom. The molecule has 0 bridgehead atoms. The Balaban J connectivity index is 1.70. The molecule has 3 N–H and O–H groups in total. The molecule has 0 saturated heterocycles. The summed E-state index contributed by atoms with van der Waals surface area (Å²) in [5.41, 5.74) is 1.58. The highest BCUT2D eigenvalue weighted by Gasteiger charge is 2.25. The lowest BCUT2D eigenvalue weighted by Gasteiger charge is -2.19. The standard InChI is InChI=1S/C24H29N5O4S2/c1-23(2,3)16-12-10-15(11-13-16)19(30)25-17-8-7-9-18(14-17)29-35(32,33)22-28-27-21(34-22)26-20(31)24(4,5)6/h7-14,29H,1-6H3,(H,25,30)(H,26,27,31). The van der Waals surface area contributed by atoms with Crippen molar-refractivity contribution in [1.29, 1.82) is 0 Å². The van der Waals surface area contributed by atoms with Crippen molar-refractivity contribution in [2.75, 3.05) is 15.4 Å². The zero-order chi connectivity index (χ0) is 26.0. The van der Waals surface area contributed by atoms with Crippen LogP contribution in [0.5, 0.6) is 0 Å². The Hall–Kier alpha value is -3.31. The molecule has 3 aromatic rings. The Labute approximate surface area is 209 Å².